The highest BCUT2D eigenvalue weighted by Gasteiger charge is 2.41. The average Bonchev–Trinajstić information content (AvgIpc) is 2.74. The minimum absolute atomic E-state index is 0.309. The summed E-state index contributed by atoms with van der Waals surface area (Å²) in [4.78, 5) is 0. The molecule has 1 aliphatic rings. The van der Waals surface area contributed by atoms with Crippen molar-refractivity contribution >= 4 is 23.1 Å². The molecule has 0 saturated carbocycles. The van der Waals surface area contributed by atoms with Crippen LogP contribution in [-0.2, 0) is 13.0 Å². The Bertz CT molecular complexity index is 1020. The first kappa shape index (κ1) is 22.0. The monoisotopic (exact) mass is 427 g/mol. The molecule has 0 aliphatic carbocycles. The Balaban J connectivity index is 1.86. The number of fused-ring (bicyclic) bond motifs is 1. The predicted molar refractivity (Wildman–Crippen MR) is 123 cm³/mol. The van der Waals surface area contributed by atoms with E-state index >= 15 is 0 Å². The number of hydrogen-bond donors (Lipinski definition) is 3. The lowest BCUT2D eigenvalue weighted by molar-refractivity contribution is -0.592. The van der Waals surface area contributed by atoms with Crippen LogP contribution in [0.4, 0.5) is 0 Å². The van der Waals surface area contributed by atoms with Crippen LogP contribution in [0.5, 0.6) is 11.5 Å². The molecule has 1 unspecified atom stereocenters. The largest absolute Gasteiger partial charge is 0.621 e. The molecule has 7 heteroatoms. The topological polar surface area (TPSA) is 91.4 Å². The van der Waals surface area contributed by atoms with Gasteiger partial charge in [-0.25, -0.2) is 0 Å². The zero-order valence-corrected chi connectivity index (χ0v) is 18.9. The number of amidine groups is 1. The first-order valence-corrected chi connectivity index (χ1v) is 11.2. The summed E-state index contributed by atoms with van der Waals surface area (Å²) in [5.74, 6) is 1.02. The number of hydrogen-bond acceptors (Lipinski definition) is 5. The summed E-state index contributed by atoms with van der Waals surface area (Å²) in [6.45, 7) is 8.01. The Morgan fingerprint density at radius 1 is 1.33 bits per heavy atom. The number of ether oxygens (including phenoxy) is 1. The van der Waals surface area contributed by atoms with E-state index < -0.39 is 5.72 Å². The average molecular weight is 428 g/mol. The van der Waals surface area contributed by atoms with Gasteiger partial charge in [-0.15, -0.1) is 0 Å². The van der Waals surface area contributed by atoms with Crippen LogP contribution in [0.3, 0.4) is 0 Å². The fourth-order valence-electron chi connectivity index (χ4n) is 3.70. The lowest BCUT2D eigenvalue weighted by atomic mass is 9.90. The molecule has 6 nitrogen and oxygen atoms in total. The normalized spacial score (nSPS) is 18.5. The van der Waals surface area contributed by atoms with Crippen LogP contribution < -0.4 is 10.1 Å². The molecule has 0 saturated heterocycles. The molecule has 3 N–H and O–H groups in total. The minimum Gasteiger partial charge on any atom is -0.621 e. The van der Waals surface area contributed by atoms with Gasteiger partial charge in [0, 0.05) is 24.6 Å². The first-order chi connectivity index (χ1) is 14.2. The standard InChI is InChI=1S/C23H29N3O3S/c1-14-15(2)21-19(16(3)20(14)27)9-10-23(4,29-21)26(28)13-18-8-6-7-17(11-18)12-25-22(24)30-5/h6-8,11,13,27H,9-10,12H2,1-5H3,(H2,24,25)/b26-13-. The van der Waals surface area contributed by atoms with Gasteiger partial charge in [-0.05, 0) is 67.8 Å². The van der Waals surface area contributed by atoms with Gasteiger partial charge in [-0.2, -0.15) is 4.74 Å². The van der Waals surface area contributed by atoms with Crippen LogP contribution in [0.1, 0.15) is 46.7 Å². The van der Waals surface area contributed by atoms with Gasteiger partial charge in [0.15, 0.2) is 11.4 Å². The maximum absolute atomic E-state index is 13.1. The number of rotatable bonds is 4. The van der Waals surface area contributed by atoms with Crippen LogP contribution in [0.15, 0.2) is 24.3 Å². The molecular formula is C23H29N3O3S. The summed E-state index contributed by atoms with van der Waals surface area (Å²) in [5, 5.41) is 34.6. The van der Waals surface area contributed by atoms with Crippen molar-refractivity contribution in [3.63, 3.8) is 0 Å². The zero-order valence-electron chi connectivity index (χ0n) is 18.1. The van der Waals surface area contributed by atoms with E-state index in [-0.39, 0.29) is 0 Å². The van der Waals surface area contributed by atoms with E-state index in [2.05, 4.69) is 5.32 Å². The number of nitrogens with zero attached hydrogens (tertiary/aromatic N) is 1. The molecular weight excluding hydrogens is 398 g/mol. The number of aromatic hydroxyl groups is 1. The van der Waals surface area contributed by atoms with E-state index in [4.69, 9.17) is 10.1 Å². The lowest BCUT2D eigenvalue weighted by Crippen LogP contribution is -2.46. The summed E-state index contributed by atoms with van der Waals surface area (Å²) in [6.07, 6.45) is 4.60. The molecule has 3 rings (SSSR count). The second-order valence-corrected chi connectivity index (χ2v) is 8.71. The molecule has 1 aliphatic heterocycles. The van der Waals surface area contributed by atoms with E-state index in [9.17, 15) is 10.3 Å². The molecule has 0 amide bonds. The van der Waals surface area contributed by atoms with Gasteiger partial charge < -0.3 is 20.4 Å². The van der Waals surface area contributed by atoms with Crippen molar-refractivity contribution in [3.05, 3.63) is 62.9 Å². The quantitative estimate of drug-likeness (QED) is 0.221. The number of phenols is 1. The summed E-state index contributed by atoms with van der Waals surface area (Å²) in [7, 11) is 0. The van der Waals surface area contributed by atoms with E-state index in [1.807, 2.05) is 58.2 Å². The molecule has 0 radical (unpaired) electrons. The number of hydroxylamine groups is 1. The van der Waals surface area contributed by atoms with E-state index in [1.165, 1.54) is 11.8 Å². The third-order valence-electron chi connectivity index (χ3n) is 5.84. The number of phenolic OH excluding ortho intramolecular Hbond substituents is 1. The van der Waals surface area contributed by atoms with Gasteiger partial charge in [0.05, 0.1) is 6.42 Å². The third kappa shape index (κ3) is 4.26. The van der Waals surface area contributed by atoms with Crippen LogP contribution >= 0.6 is 11.8 Å². The number of thioether (sulfide) groups is 1. The van der Waals surface area contributed by atoms with Crippen LogP contribution in [0.25, 0.3) is 0 Å². The smallest absolute Gasteiger partial charge is 0.313 e. The molecule has 2 aromatic carbocycles. The summed E-state index contributed by atoms with van der Waals surface area (Å²) < 4.78 is 7.14. The van der Waals surface area contributed by atoms with Gasteiger partial charge in [0.2, 0.25) is 0 Å². The van der Waals surface area contributed by atoms with Crippen molar-refractivity contribution < 1.29 is 14.6 Å². The zero-order chi connectivity index (χ0) is 22.1. The van der Waals surface area contributed by atoms with Gasteiger partial charge >= 0.3 is 5.72 Å². The molecule has 160 valence electrons. The van der Waals surface area contributed by atoms with Crippen molar-refractivity contribution in [1.82, 2.24) is 5.32 Å². The Kier molecular flexibility index (Phi) is 6.31. The van der Waals surface area contributed by atoms with Gasteiger partial charge in [-0.1, -0.05) is 23.9 Å². The second kappa shape index (κ2) is 8.60. The number of benzene rings is 2. The third-order valence-corrected chi connectivity index (χ3v) is 6.39. The maximum Gasteiger partial charge on any atom is 0.313 e. The highest BCUT2D eigenvalue weighted by atomic mass is 32.2. The van der Waals surface area contributed by atoms with Gasteiger partial charge in [0.1, 0.15) is 11.5 Å². The lowest BCUT2D eigenvalue weighted by Gasteiger charge is -2.35. The SMILES string of the molecule is CSC(=N)NCc1cccc(/C=[N+](\[O-])C2(C)CCc3c(C)c(O)c(C)c(C)c3O2)c1. The van der Waals surface area contributed by atoms with Crippen molar-refractivity contribution in [2.24, 2.45) is 0 Å². The fourth-order valence-corrected chi connectivity index (χ4v) is 3.92. The Labute approximate surface area is 182 Å². The molecule has 0 aromatic heterocycles. The van der Waals surface area contributed by atoms with Crippen LogP contribution in [-0.4, -0.2) is 33.2 Å². The highest BCUT2D eigenvalue weighted by molar-refractivity contribution is 8.13. The first-order valence-electron chi connectivity index (χ1n) is 9.93. The molecule has 0 fully saturated rings. The van der Waals surface area contributed by atoms with Crippen molar-refractivity contribution in [3.8, 4) is 11.5 Å². The fraction of sp³-hybridized carbons (Fsp3) is 0.391. The minimum atomic E-state index is -1.02. The van der Waals surface area contributed by atoms with Gasteiger partial charge in [0.25, 0.3) is 0 Å². The van der Waals surface area contributed by atoms with E-state index in [0.717, 1.165) is 38.1 Å². The molecule has 1 heterocycles. The number of nitrogens with one attached hydrogen (secondary N) is 2. The summed E-state index contributed by atoms with van der Waals surface area (Å²) in [5.41, 5.74) is 4.21. The van der Waals surface area contributed by atoms with Crippen molar-refractivity contribution in [1.29, 1.82) is 5.41 Å². The van der Waals surface area contributed by atoms with Crippen LogP contribution in [0.2, 0.25) is 0 Å². The Morgan fingerprint density at radius 3 is 2.77 bits per heavy atom. The second-order valence-electron chi connectivity index (χ2n) is 7.90. The highest BCUT2D eigenvalue weighted by Crippen LogP contribution is 2.43. The molecule has 30 heavy (non-hydrogen) atoms. The molecule has 1 atom stereocenters. The predicted octanol–water partition coefficient (Wildman–Crippen LogP) is 4.38. The van der Waals surface area contributed by atoms with E-state index in [1.54, 1.807) is 6.21 Å². The van der Waals surface area contributed by atoms with Crippen molar-refractivity contribution in [2.45, 2.75) is 52.8 Å². The van der Waals surface area contributed by atoms with Gasteiger partial charge in [-0.3, -0.25) is 5.41 Å². The maximum atomic E-state index is 13.1. The van der Waals surface area contributed by atoms with Crippen molar-refractivity contribution in [2.75, 3.05) is 6.26 Å². The van der Waals surface area contributed by atoms with Crippen LogP contribution in [0, 0.1) is 31.4 Å². The Morgan fingerprint density at radius 2 is 2.07 bits per heavy atom. The van der Waals surface area contributed by atoms with E-state index in [0.29, 0.717) is 36.1 Å². The summed E-state index contributed by atoms with van der Waals surface area (Å²) in [6, 6.07) is 7.68. The summed E-state index contributed by atoms with van der Waals surface area (Å²) >= 11 is 1.35. The molecule has 2 aromatic rings. The Hall–Kier alpha value is -2.67. The molecule has 0 bridgehead atoms. The molecule has 0 spiro atoms.